The van der Waals surface area contributed by atoms with Crippen molar-refractivity contribution in [2.75, 3.05) is 19.8 Å². The number of nitro groups is 1. The zero-order chi connectivity index (χ0) is 13.7. The van der Waals surface area contributed by atoms with E-state index >= 15 is 0 Å². The van der Waals surface area contributed by atoms with E-state index in [0.29, 0.717) is 19.6 Å². The van der Waals surface area contributed by atoms with Gasteiger partial charge >= 0.3 is 5.69 Å². The van der Waals surface area contributed by atoms with Crippen molar-refractivity contribution in [3.05, 3.63) is 34.1 Å². The number of nitro benzene ring substituents is 1. The highest BCUT2D eigenvalue weighted by Gasteiger charge is 2.18. The van der Waals surface area contributed by atoms with Gasteiger partial charge in [0.15, 0.2) is 12.0 Å². The summed E-state index contributed by atoms with van der Waals surface area (Å²) in [5.41, 5.74) is -0.258. The Balaban J connectivity index is 1.91. The molecule has 1 saturated heterocycles. The van der Waals surface area contributed by atoms with Crippen LogP contribution in [0, 0.1) is 15.9 Å². The van der Waals surface area contributed by atoms with Crippen LogP contribution in [0.1, 0.15) is 12.8 Å². The van der Waals surface area contributed by atoms with Gasteiger partial charge in [0, 0.05) is 18.6 Å². The molecule has 0 atom stereocenters. The fourth-order valence-electron chi connectivity index (χ4n) is 1.72. The fourth-order valence-corrected chi connectivity index (χ4v) is 1.72. The van der Waals surface area contributed by atoms with Crippen molar-refractivity contribution in [3.8, 4) is 5.75 Å². The third-order valence-electron chi connectivity index (χ3n) is 2.63. The summed E-state index contributed by atoms with van der Waals surface area (Å²) in [4.78, 5) is 10.1. The van der Waals surface area contributed by atoms with E-state index in [-0.39, 0.29) is 24.3 Å². The van der Waals surface area contributed by atoms with Gasteiger partial charge in [-0.05, 0) is 12.5 Å². The van der Waals surface area contributed by atoms with Gasteiger partial charge in [-0.25, -0.2) is 4.39 Å². The number of ether oxygens (including phenoxy) is 3. The first-order valence-electron chi connectivity index (χ1n) is 5.97. The summed E-state index contributed by atoms with van der Waals surface area (Å²) in [6, 6.07) is 3.11. The van der Waals surface area contributed by atoms with E-state index in [0.717, 1.165) is 24.6 Å². The van der Waals surface area contributed by atoms with Gasteiger partial charge < -0.3 is 14.2 Å². The lowest BCUT2D eigenvalue weighted by atomic mass is 10.3. The van der Waals surface area contributed by atoms with E-state index in [1.807, 2.05) is 0 Å². The van der Waals surface area contributed by atoms with Gasteiger partial charge in [-0.15, -0.1) is 0 Å². The van der Waals surface area contributed by atoms with Crippen LogP contribution >= 0.6 is 0 Å². The van der Waals surface area contributed by atoms with Crippen LogP contribution < -0.4 is 4.74 Å². The van der Waals surface area contributed by atoms with Gasteiger partial charge in [0.1, 0.15) is 5.82 Å². The van der Waals surface area contributed by atoms with Crippen molar-refractivity contribution in [1.82, 2.24) is 0 Å². The van der Waals surface area contributed by atoms with Crippen LogP contribution in [0.2, 0.25) is 0 Å². The quantitative estimate of drug-likeness (QED) is 0.606. The van der Waals surface area contributed by atoms with Crippen LogP contribution in [0.4, 0.5) is 10.1 Å². The van der Waals surface area contributed by atoms with Gasteiger partial charge in [-0.1, -0.05) is 0 Å². The summed E-state index contributed by atoms with van der Waals surface area (Å²) in [6.07, 6.45) is 0.932. The molecule has 1 aromatic carbocycles. The summed E-state index contributed by atoms with van der Waals surface area (Å²) >= 11 is 0. The summed E-state index contributed by atoms with van der Waals surface area (Å²) in [5, 5.41) is 10.8. The third kappa shape index (κ3) is 3.87. The lowest BCUT2D eigenvalue weighted by molar-refractivity contribution is -0.386. The maximum Gasteiger partial charge on any atom is 0.311 e. The molecule has 0 bridgehead atoms. The number of hydrogen-bond acceptors (Lipinski definition) is 5. The molecule has 0 saturated carbocycles. The Morgan fingerprint density at radius 1 is 1.42 bits per heavy atom. The van der Waals surface area contributed by atoms with Crippen LogP contribution in [0.5, 0.6) is 5.75 Å². The molecule has 1 aromatic rings. The fraction of sp³-hybridized carbons (Fsp3) is 0.500. The van der Waals surface area contributed by atoms with Crippen LogP contribution in [-0.4, -0.2) is 31.0 Å². The highest BCUT2D eigenvalue weighted by atomic mass is 19.1. The molecule has 0 aromatic heterocycles. The maximum atomic E-state index is 13.0. The molecular formula is C12H14FNO5. The zero-order valence-corrected chi connectivity index (χ0v) is 10.2. The molecule has 0 N–H and O–H groups in total. The SMILES string of the molecule is O=[N+]([O-])c1ccc(F)cc1OCCC1OCCCO1. The Labute approximate surface area is 109 Å². The van der Waals surface area contributed by atoms with Crippen molar-refractivity contribution in [3.63, 3.8) is 0 Å². The van der Waals surface area contributed by atoms with E-state index in [2.05, 4.69) is 0 Å². The molecule has 104 valence electrons. The summed E-state index contributed by atoms with van der Waals surface area (Å²) in [7, 11) is 0. The number of halogens is 1. The zero-order valence-electron chi connectivity index (χ0n) is 10.2. The number of hydrogen-bond donors (Lipinski definition) is 0. The minimum atomic E-state index is -0.609. The second-order valence-electron chi connectivity index (χ2n) is 4.03. The lowest BCUT2D eigenvalue weighted by Gasteiger charge is -2.22. The Bertz CT molecular complexity index is 448. The molecule has 0 aliphatic carbocycles. The molecule has 1 aliphatic rings. The molecule has 0 radical (unpaired) electrons. The van der Waals surface area contributed by atoms with Crippen LogP contribution in [0.15, 0.2) is 18.2 Å². The first-order chi connectivity index (χ1) is 9.16. The van der Waals surface area contributed by atoms with Crippen molar-refractivity contribution in [2.24, 2.45) is 0 Å². The average molecular weight is 271 g/mol. The van der Waals surface area contributed by atoms with Crippen LogP contribution in [-0.2, 0) is 9.47 Å². The van der Waals surface area contributed by atoms with Crippen molar-refractivity contribution < 1.29 is 23.5 Å². The summed E-state index contributed by atoms with van der Waals surface area (Å²) < 4.78 is 28.9. The second-order valence-corrected chi connectivity index (χ2v) is 4.03. The van der Waals surface area contributed by atoms with E-state index < -0.39 is 10.7 Å². The molecular weight excluding hydrogens is 257 g/mol. The minimum Gasteiger partial charge on any atom is -0.487 e. The van der Waals surface area contributed by atoms with Crippen molar-refractivity contribution >= 4 is 5.69 Å². The van der Waals surface area contributed by atoms with Crippen LogP contribution in [0.25, 0.3) is 0 Å². The van der Waals surface area contributed by atoms with Crippen LogP contribution in [0.3, 0.4) is 0 Å². The third-order valence-corrected chi connectivity index (χ3v) is 2.63. The average Bonchev–Trinajstić information content (AvgIpc) is 2.39. The highest BCUT2D eigenvalue weighted by molar-refractivity contribution is 5.46. The number of rotatable bonds is 5. The highest BCUT2D eigenvalue weighted by Crippen LogP contribution is 2.27. The second kappa shape index (κ2) is 6.44. The largest absolute Gasteiger partial charge is 0.487 e. The number of benzene rings is 1. The topological polar surface area (TPSA) is 70.8 Å². The minimum absolute atomic E-state index is 0.0826. The molecule has 1 heterocycles. The Morgan fingerprint density at radius 2 is 2.16 bits per heavy atom. The van der Waals surface area contributed by atoms with Gasteiger partial charge in [0.05, 0.1) is 24.7 Å². The Morgan fingerprint density at radius 3 is 2.84 bits per heavy atom. The first kappa shape index (κ1) is 13.7. The first-order valence-corrected chi connectivity index (χ1v) is 5.97. The van der Waals surface area contributed by atoms with Gasteiger partial charge in [0.25, 0.3) is 0 Å². The Kier molecular flexibility index (Phi) is 4.64. The molecule has 0 spiro atoms. The van der Waals surface area contributed by atoms with E-state index in [1.54, 1.807) is 0 Å². The van der Waals surface area contributed by atoms with Crippen molar-refractivity contribution in [2.45, 2.75) is 19.1 Å². The monoisotopic (exact) mass is 271 g/mol. The molecule has 1 aliphatic heterocycles. The van der Waals surface area contributed by atoms with Gasteiger partial charge in [0.2, 0.25) is 0 Å². The van der Waals surface area contributed by atoms with Gasteiger partial charge in [-0.2, -0.15) is 0 Å². The molecule has 0 unspecified atom stereocenters. The van der Waals surface area contributed by atoms with Gasteiger partial charge in [-0.3, -0.25) is 10.1 Å². The molecule has 19 heavy (non-hydrogen) atoms. The lowest BCUT2D eigenvalue weighted by Crippen LogP contribution is -2.26. The predicted octanol–water partition coefficient (Wildman–Crippen LogP) is 2.27. The molecule has 6 nitrogen and oxygen atoms in total. The van der Waals surface area contributed by atoms with Crippen molar-refractivity contribution in [1.29, 1.82) is 0 Å². The van der Waals surface area contributed by atoms with E-state index in [1.165, 1.54) is 0 Å². The predicted molar refractivity (Wildman–Crippen MR) is 63.5 cm³/mol. The number of nitrogens with zero attached hydrogens (tertiary/aromatic N) is 1. The summed E-state index contributed by atoms with van der Waals surface area (Å²) in [6.45, 7) is 1.42. The molecule has 0 amide bonds. The molecule has 2 rings (SSSR count). The molecule has 7 heteroatoms. The van der Waals surface area contributed by atoms with E-state index in [9.17, 15) is 14.5 Å². The smallest absolute Gasteiger partial charge is 0.311 e. The molecule has 1 fully saturated rings. The van der Waals surface area contributed by atoms with E-state index in [4.69, 9.17) is 14.2 Å². The standard InChI is InChI=1S/C12H14FNO5/c13-9-2-3-10(14(15)16)11(8-9)17-7-4-12-18-5-1-6-19-12/h2-3,8,12H,1,4-7H2. The maximum absolute atomic E-state index is 13.0. The summed E-state index contributed by atoms with van der Waals surface area (Å²) in [5.74, 6) is -0.661. The Hall–Kier alpha value is -1.73. The normalized spacial score (nSPS) is 16.3.